The van der Waals surface area contributed by atoms with E-state index in [-0.39, 0.29) is 0 Å². The van der Waals surface area contributed by atoms with Crippen molar-refractivity contribution in [3.8, 4) is 0 Å². The van der Waals surface area contributed by atoms with Crippen molar-refractivity contribution in [2.24, 2.45) is 0 Å². The van der Waals surface area contributed by atoms with Crippen molar-refractivity contribution < 1.29 is 18.3 Å². The van der Waals surface area contributed by atoms with Gasteiger partial charge in [0.15, 0.2) is 9.84 Å². The zero-order valence-corrected chi connectivity index (χ0v) is 13.2. The lowest BCUT2D eigenvalue weighted by Gasteiger charge is -2.35. The van der Waals surface area contributed by atoms with E-state index in [2.05, 4.69) is 0 Å². The number of benzene rings is 1. The Morgan fingerprint density at radius 2 is 2.05 bits per heavy atom. The maximum absolute atomic E-state index is 11.9. The second-order valence-electron chi connectivity index (χ2n) is 4.82. The van der Waals surface area contributed by atoms with Crippen LogP contribution in [0, 0.1) is 0 Å². The van der Waals surface area contributed by atoms with E-state index >= 15 is 0 Å². The minimum Gasteiger partial charge on any atom is -0.478 e. The monoisotopic (exact) mass is 327 g/mol. The zero-order valence-electron chi connectivity index (χ0n) is 11.6. The van der Waals surface area contributed by atoms with Crippen LogP contribution >= 0.6 is 11.8 Å². The van der Waals surface area contributed by atoms with Crippen LogP contribution in [-0.2, 0) is 14.6 Å². The third kappa shape index (κ3) is 4.25. The Balaban J connectivity index is 2.22. The van der Waals surface area contributed by atoms with Gasteiger partial charge < -0.3 is 10.0 Å². The van der Waals surface area contributed by atoms with Gasteiger partial charge in [-0.25, -0.2) is 13.2 Å². The number of aliphatic carboxylic acids is 1. The minimum atomic E-state index is -3.14. The molecule has 114 valence electrons. The van der Waals surface area contributed by atoms with Crippen molar-refractivity contribution in [1.82, 2.24) is 0 Å². The maximum atomic E-state index is 11.9. The molecule has 0 saturated carbocycles. The van der Waals surface area contributed by atoms with Crippen molar-refractivity contribution in [2.75, 3.05) is 29.2 Å². The quantitative estimate of drug-likeness (QED) is 0.849. The maximum Gasteiger partial charge on any atom is 0.328 e. The van der Waals surface area contributed by atoms with E-state index in [0.717, 1.165) is 23.1 Å². The Morgan fingerprint density at radius 3 is 2.62 bits per heavy atom. The number of thioether (sulfide) groups is 1. The molecule has 0 spiro atoms. The summed E-state index contributed by atoms with van der Waals surface area (Å²) in [5, 5.41) is 8.09. The van der Waals surface area contributed by atoms with Crippen LogP contribution in [0.3, 0.4) is 0 Å². The van der Waals surface area contributed by atoms with E-state index in [1.165, 1.54) is 12.3 Å². The third-order valence-electron chi connectivity index (χ3n) is 3.22. The summed E-state index contributed by atoms with van der Waals surface area (Å²) in [6.07, 6.45) is 3.85. The van der Waals surface area contributed by atoms with E-state index in [4.69, 9.17) is 5.11 Å². The van der Waals surface area contributed by atoms with Crippen LogP contribution in [0.2, 0.25) is 0 Å². The fourth-order valence-corrected chi connectivity index (χ4v) is 5.02. The minimum absolute atomic E-state index is 0.503. The van der Waals surface area contributed by atoms with Crippen LogP contribution < -0.4 is 4.90 Å². The molecule has 1 N–H and O–H groups in total. The molecule has 0 aromatic heterocycles. The molecule has 0 radical (unpaired) electrons. The van der Waals surface area contributed by atoms with Gasteiger partial charge in [0.25, 0.3) is 0 Å². The molecule has 0 aliphatic carbocycles. The summed E-state index contributed by atoms with van der Waals surface area (Å²) in [4.78, 5) is 12.4. The van der Waals surface area contributed by atoms with Crippen LogP contribution in [0.5, 0.6) is 0 Å². The molecule has 1 aromatic rings. The zero-order chi connectivity index (χ0) is 15.5. The second kappa shape index (κ2) is 6.53. The average Bonchev–Trinajstić information content (AvgIpc) is 2.45. The molecule has 7 heteroatoms. The molecule has 1 fully saturated rings. The molecule has 0 amide bonds. The molecule has 1 aliphatic rings. The molecular formula is C14H17NO4S2. The normalized spacial score (nSPS) is 19.9. The van der Waals surface area contributed by atoms with Gasteiger partial charge in [-0.1, -0.05) is 12.1 Å². The van der Waals surface area contributed by atoms with Gasteiger partial charge in [0.05, 0.1) is 0 Å². The number of rotatable bonds is 4. The summed E-state index contributed by atoms with van der Waals surface area (Å²) >= 11 is 1.65. The molecule has 2 rings (SSSR count). The molecule has 0 bridgehead atoms. The highest BCUT2D eigenvalue weighted by atomic mass is 32.2. The highest BCUT2D eigenvalue weighted by Gasteiger charge is 2.30. The van der Waals surface area contributed by atoms with E-state index in [9.17, 15) is 13.2 Å². The van der Waals surface area contributed by atoms with Gasteiger partial charge in [0.2, 0.25) is 0 Å². The Hall–Kier alpha value is -1.47. The first kappa shape index (κ1) is 15.9. The van der Waals surface area contributed by atoms with Crippen molar-refractivity contribution in [3.05, 3.63) is 35.9 Å². The van der Waals surface area contributed by atoms with Crippen LogP contribution in [-0.4, -0.2) is 49.2 Å². The van der Waals surface area contributed by atoms with Crippen LogP contribution in [0.4, 0.5) is 5.69 Å². The van der Waals surface area contributed by atoms with Crippen LogP contribution in [0.1, 0.15) is 5.56 Å². The Morgan fingerprint density at radius 1 is 1.38 bits per heavy atom. The summed E-state index contributed by atoms with van der Waals surface area (Å²) in [6.45, 7) is 0.687. The van der Waals surface area contributed by atoms with Gasteiger partial charge >= 0.3 is 5.97 Å². The summed E-state index contributed by atoms with van der Waals surface area (Å²) in [5.41, 5.74) is 1.61. The van der Waals surface area contributed by atoms with E-state index in [0.29, 0.717) is 12.3 Å². The fourth-order valence-electron chi connectivity index (χ4n) is 2.18. The van der Waals surface area contributed by atoms with E-state index in [1.807, 2.05) is 17.0 Å². The Labute approximate surface area is 128 Å². The number of carboxylic acid groups (broad SMARTS) is 1. The van der Waals surface area contributed by atoms with Gasteiger partial charge in [-0.2, -0.15) is 11.8 Å². The smallest absolute Gasteiger partial charge is 0.328 e. The van der Waals surface area contributed by atoms with Crippen LogP contribution in [0.15, 0.2) is 30.3 Å². The second-order valence-corrected chi connectivity index (χ2v) is 8.17. The van der Waals surface area contributed by atoms with Gasteiger partial charge in [-0.3, -0.25) is 0 Å². The molecular weight excluding hydrogens is 310 g/mol. The van der Waals surface area contributed by atoms with Crippen molar-refractivity contribution in [2.45, 2.75) is 5.37 Å². The molecule has 1 atom stereocenters. The highest BCUT2D eigenvalue weighted by molar-refractivity contribution is 8.01. The number of carboxylic acids is 1. The third-order valence-corrected chi connectivity index (χ3v) is 5.87. The standard InChI is InChI=1S/C14H17NO4S2/c1-21(18,19)13-10-20-9-8-15(13)12-5-2-11(3-6-12)4-7-14(16)17/h2-7,13H,8-10H2,1H3,(H,16,17). The average molecular weight is 327 g/mol. The number of carbonyl (C=O) groups is 1. The molecule has 1 aromatic carbocycles. The highest BCUT2D eigenvalue weighted by Crippen LogP contribution is 2.27. The lowest BCUT2D eigenvalue weighted by Crippen LogP contribution is -2.47. The van der Waals surface area contributed by atoms with Crippen molar-refractivity contribution in [3.63, 3.8) is 0 Å². The topological polar surface area (TPSA) is 74.7 Å². The predicted molar refractivity (Wildman–Crippen MR) is 86.4 cm³/mol. The van der Waals surface area contributed by atoms with Crippen molar-refractivity contribution >= 4 is 39.3 Å². The summed E-state index contributed by atoms with van der Waals surface area (Å²) in [7, 11) is -3.14. The lowest BCUT2D eigenvalue weighted by molar-refractivity contribution is -0.131. The number of anilines is 1. The number of hydrogen-bond donors (Lipinski definition) is 1. The Kier molecular flexibility index (Phi) is 4.95. The summed E-state index contributed by atoms with van der Waals surface area (Å²) in [6, 6.07) is 7.23. The summed E-state index contributed by atoms with van der Waals surface area (Å²) in [5.74, 6) is 0.468. The lowest BCUT2D eigenvalue weighted by atomic mass is 10.2. The first-order valence-electron chi connectivity index (χ1n) is 6.42. The van der Waals surface area contributed by atoms with Crippen molar-refractivity contribution in [1.29, 1.82) is 0 Å². The fraction of sp³-hybridized carbons (Fsp3) is 0.357. The Bertz CT molecular complexity index is 637. The first-order chi connectivity index (χ1) is 9.88. The van der Waals surface area contributed by atoms with Gasteiger partial charge in [0, 0.05) is 36.1 Å². The molecule has 1 heterocycles. The van der Waals surface area contributed by atoms with Gasteiger partial charge in [-0.15, -0.1) is 0 Å². The van der Waals surface area contributed by atoms with Gasteiger partial charge in [0.1, 0.15) is 5.37 Å². The predicted octanol–water partition coefficient (Wildman–Crippen LogP) is 1.71. The van der Waals surface area contributed by atoms with Crippen LogP contribution in [0.25, 0.3) is 6.08 Å². The molecule has 1 saturated heterocycles. The number of hydrogen-bond acceptors (Lipinski definition) is 5. The number of nitrogens with zero attached hydrogens (tertiary/aromatic N) is 1. The molecule has 1 aliphatic heterocycles. The number of sulfone groups is 1. The van der Waals surface area contributed by atoms with E-state index < -0.39 is 21.2 Å². The SMILES string of the molecule is CS(=O)(=O)C1CSCCN1c1ccc(C=CC(=O)O)cc1. The van der Waals surface area contributed by atoms with E-state index in [1.54, 1.807) is 23.9 Å². The molecule has 21 heavy (non-hydrogen) atoms. The molecule has 5 nitrogen and oxygen atoms in total. The first-order valence-corrected chi connectivity index (χ1v) is 9.53. The largest absolute Gasteiger partial charge is 0.478 e. The summed E-state index contributed by atoms with van der Waals surface area (Å²) < 4.78 is 23.8. The van der Waals surface area contributed by atoms with Gasteiger partial charge in [-0.05, 0) is 23.8 Å². The molecule has 1 unspecified atom stereocenters.